The van der Waals surface area contributed by atoms with Gasteiger partial charge in [-0.15, -0.1) is 0 Å². The van der Waals surface area contributed by atoms with E-state index in [0.717, 1.165) is 18.3 Å². The first kappa shape index (κ1) is 13.2. The first-order chi connectivity index (χ1) is 9.28. The van der Waals surface area contributed by atoms with Crippen molar-refractivity contribution in [3.63, 3.8) is 0 Å². The zero-order chi connectivity index (χ0) is 13.2. The summed E-state index contributed by atoms with van der Waals surface area (Å²) in [6.07, 6.45) is 3.98. The SMILES string of the molecule is COc1ccc(CNC2CCN3CCCC23)cc1Cl. The molecule has 1 aromatic carbocycles. The lowest BCUT2D eigenvalue weighted by atomic mass is 10.1. The third kappa shape index (κ3) is 2.73. The van der Waals surface area contributed by atoms with E-state index in [1.807, 2.05) is 12.1 Å². The maximum atomic E-state index is 6.15. The molecule has 0 aliphatic carbocycles. The second-order valence-electron chi connectivity index (χ2n) is 5.49. The van der Waals surface area contributed by atoms with Gasteiger partial charge in [0.05, 0.1) is 12.1 Å². The highest BCUT2D eigenvalue weighted by Crippen LogP contribution is 2.29. The number of methoxy groups -OCH3 is 1. The van der Waals surface area contributed by atoms with Gasteiger partial charge >= 0.3 is 0 Å². The van der Waals surface area contributed by atoms with E-state index in [1.165, 1.54) is 37.9 Å². The van der Waals surface area contributed by atoms with Crippen LogP contribution < -0.4 is 10.1 Å². The Morgan fingerprint density at radius 1 is 1.37 bits per heavy atom. The van der Waals surface area contributed by atoms with Crippen LogP contribution in [0.15, 0.2) is 18.2 Å². The van der Waals surface area contributed by atoms with Crippen LogP contribution in [0.1, 0.15) is 24.8 Å². The lowest BCUT2D eigenvalue weighted by Gasteiger charge is -2.21. The fraction of sp³-hybridized carbons (Fsp3) is 0.600. The minimum absolute atomic E-state index is 0.642. The Balaban J connectivity index is 1.59. The van der Waals surface area contributed by atoms with Crippen LogP contribution in [0.25, 0.3) is 0 Å². The van der Waals surface area contributed by atoms with E-state index < -0.39 is 0 Å². The van der Waals surface area contributed by atoms with Gasteiger partial charge in [0.2, 0.25) is 0 Å². The Morgan fingerprint density at radius 2 is 2.26 bits per heavy atom. The fourth-order valence-electron chi connectivity index (χ4n) is 3.39. The highest BCUT2D eigenvalue weighted by molar-refractivity contribution is 6.32. The topological polar surface area (TPSA) is 24.5 Å². The van der Waals surface area contributed by atoms with Crippen LogP contribution in [0.2, 0.25) is 5.02 Å². The van der Waals surface area contributed by atoms with Crippen molar-refractivity contribution in [2.45, 2.75) is 37.9 Å². The standard InChI is InChI=1S/C15H21ClN2O/c1-19-15-5-4-11(9-12(15)16)10-17-13-6-8-18-7-2-3-14(13)18/h4-5,9,13-14,17H,2-3,6-8,10H2,1H3. The molecule has 1 N–H and O–H groups in total. The summed E-state index contributed by atoms with van der Waals surface area (Å²) in [7, 11) is 1.65. The minimum Gasteiger partial charge on any atom is -0.495 e. The molecular formula is C15H21ClN2O. The normalized spacial score (nSPS) is 26.6. The summed E-state index contributed by atoms with van der Waals surface area (Å²) >= 11 is 6.15. The fourth-order valence-corrected chi connectivity index (χ4v) is 3.67. The van der Waals surface area contributed by atoms with Crippen LogP contribution in [0.4, 0.5) is 0 Å². The van der Waals surface area contributed by atoms with Crippen molar-refractivity contribution in [2.75, 3.05) is 20.2 Å². The van der Waals surface area contributed by atoms with Gasteiger partial charge in [-0.1, -0.05) is 17.7 Å². The zero-order valence-electron chi connectivity index (χ0n) is 11.4. The summed E-state index contributed by atoms with van der Waals surface area (Å²) in [5.41, 5.74) is 1.22. The summed E-state index contributed by atoms with van der Waals surface area (Å²) in [4.78, 5) is 2.62. The molecule has 0 saturated carbocycles. The second-order valence-corrected chi connectivity index (χ2v) is 5.90. The molecular weight excluding hydrogens is 260 g/mol. The number of nitrogens with one attached hydrogen (secondary N) is 1. The second kappa shape index (κ2) is 5.70. The molecule has 2 saturated heterocycles. The number of ether oxygens (including phenoxy) is 1. The summed E-state index contributed by atoms with van der Waals surface area (Å²) in [6.45, 7) is 3.43. The van der Waals surface area contributed by atoms with E-state index in [4.69, 9.17) is 16.3 Å². The van der Waals surface area contributed by atoms with Crippen molar-refractivity contribution in [1.82, 2.24) is 10.2 Å². The quantitative estimate of drug-likeness (QED) is 0.918. The molecule has 0 spiro atoms. The molecule has 4 heteroatoms. The van der Waals surface area contributed by atoms with Crippen LogP contribution in [0.3, 0.4) is 0 Å². The lowest BCUT2D eigenvalue weighted by Crippen LogP contribution is -2.38. The number of hydrogen-bond donors (Lipinski definition) is 1. The predicted molar refractivity (Wildman–Crippen MR) is 77.8 cm³/mol. The molecule has 2 aliphatic rings. The average Bonchev–Trinajstić information content (AvgIpc) is 3.00. The van der Waals surface area contributed by atoms with Gasteiger partial charge in [-0.25, -0.2) is 0 Å². The molecule has 0 amide bonds. The van der Waals surface area contributed by atoms with Gasteiger partial charge in [-0.2, -0.15) is 0 Å². The molecule has 2 fully saturated rings. The van der Waals surface area contributed by atoms with E-state index in [-0.39, 0.29) is 0 Å². The van der Waals surface area contributed by atoms with E-state index in [2.05, 4.69) is 16.3 Å². The smallest absolute Gasteiger partial charge is 0.137 e. The third-order valence-electron chi connectivity index (χ3n) is 4.39. The van der Waals surface area contributed by atoms with Crippen molar-refractivity contribution in [3.05, 3.63) is 28.8 Å². The van der Waals surface area contributed by atoms with E-state index in [9.17, 15) is 0 Å². The molecule has 2 atom stereocenters. The minimum atomic E-state index is 0.642. The Hall–Kier alpha value is -0.770. The molecule has 2 heterocycles. The van der Waals surface area contributed by atoms with Crippen molar-refractivity contribution < 1.29 is 4.74 Å². The molecule has 104 valence electrons. The van der Waals surface area contributed by atoms with Gasteiger partial charge in [-0.3, -0.25) is 4.90 Å². The predicted octanol–water partition coefficient (Wildman–Crippen LogP) is 2.67. The van der Waals surface area contributed by atoms with E-state index in [0.29, 0.717) is 11.1 Å². The Bertz CT molecular complexity index is 452. The van der Waals surface area contributed by atoms with Crippen LogP contribution in [-0.4, -0.2) is 37.2 Å². The first-order valence-corrected chi connectivity index (χ1v) is 7.45. The Labute approximate surface area is 119 Å². The van der Waals surface area contributed by atoms with E-state index in [1.54, 1.807) is 7.11 Å². The van der Waals surface area contributed by atoms with Crippen LogP contribution in [0, 0.1) is 0 Å². The number of nitrogens with zero attached hydrogens (tertiary/aromatic N) is 1. The molecule has 3 nitrogen and oxygen atoms in total. The Morgan fingerprint density at radius 3 is 3.05 bits per heavy atom. The van der Waals surface area contributed by atoms with Crippen LogP contribution in [0.5, 0.6) is 5.75 Å². The molecule has 2 unspecified atom stereocenters. The monoisotopic (exact) mass is 280 g/mol. The van der Waals surface area contributed by atoms with Gasteiger partial charge in [0, 0.05) is 25.2 Å². The van der Waals surface area contributed by atoms with Crippen LogP contribution >= 0.6 is 11.6 Å². The maximum absolute atomic E-state index is 6.15. The van der Waals surface area contributed by atoms with Gasteiger partial charge in [0.25, 0.3) is 0 Å². The molecule has 1 aromatic rings. The number of fused-ring (bicyclic) bond motifs is 1. The maximum Gasteiger partial charge on any atom is 0.137 e. The van der Waals surface area contributed by atoms with Crippen LogP contribution in [-0.2, 0) is 6.54 Å². The van der Waals surface area contributed by atoms with Crippen molar-refractivity contribution in [1.29, 1.82) is 0 Å². The Kier molecular flexibility index (Phi) is 3.96. The first-order valence-electron chi connectivity index (χ1n) is 7.08. The summed E-state index contributed by atoms with van der Waals surface area (Å²) < 4.78 is 5.18. The van der Waals surface area contributed by atoms with Crippen molar-refractivity contribution >= 4 is 11.6 Å². The number of rotatable bonds is 4. The highest BCUT2D eigenvalue weighted by atomic mass is 35.5. The molecule has 2 aliphatic heterocycles. The number of hydrogen-bond acceptors (Lipinski definition) is 3. The summed E-state index contributed by atoms with van der Waals surface area (Å²) in [6, 6.07) is 7.42. The van der Waals surface area contributed by atoms with Gasteiger partial charge in [-0.05, 0) is 43.5 Å². The molecule has 3 rings (SSSR count). The largest absolute Gasteiger partial charge is 0.495 e. The highest BCUT2D eigenvalue weighted by Gasteiger charge is 2.36. The molecule has 19 heavy (non-hydrogen) atoms. The van der Waals surface area contributed by atoms with Crippen molar-refractivity contribution in [2.24, 2.45) is 0 Å². The van der Waals surface area contributed by atoms with E-state index >= 15 is 0 Å². The van der Waals surface area contributed by atoms with Gasteiger partial charge in [0.15, 0.2) is 0 Å². The third-order valence-corrected chi connectivity index (χ3v) is 4.69. The zero-order valence-corrected chi connectivity index (χ0v) is 12.1. The molecule has 0 bridgehead atoms. The van der Waals surface area contributed by atoms with Gasteiger partial charge in [0.1, 0.15) is 5.75 Å². The summed E-state index contributed by atoms with van der Waals surface area (Å²) in [5.74, 6) is 0.744. The number of benzene rings is 1. The van der Waals surface area contributed by atoms with Gasteiger partial charge < -0.3 is 10.1 Å². The number of halogens is 1. The molecule has 0 radical (unpaired) electrons. The summed E-state index contributed by atoms with van der Waals surface area (Å²) in [5, 5.41) is 4.38. The lowest BCUT2D eigenvalue weighted by molar-refractivity contribution is 0.298. The average molecular weight is 281 g/mol. The molecule has 0 aromatic heterocycles. The van der Waals surface area contributed by atoms with Crippen molar-refractivity contribution in [3.8, 4) is 5.75 Å².